The number of aromatic hydroxyl groups is 1. The smallest absolute Gasteiger partial charge is 0.120 e. The minimum atomic E-state index is -0.387. The van der Waals surface area contributed by atoms with E-state index in [1.165, 1.54) is 0 Å². The number of halogens is 1. The summed E-state index contributed by atoms with van der Waals surface area (Å²) in [6.07, 6.45) is -0.387. The first-order chi connectivity index (χ1) is 7.00. The topological polar surface area (TPSA) is 52.5 Å². The standard InChI is InChI=1S/C11H16BrNO2/c1-7(14)6-13-8(2)10-5-9(12)3-4-11(10)15/h3-5,7-8,13-15H,6H2,1-2H3. The van der Waals surface area contributed by atoms with Gasteiger partial charge in [0.15, 0.2) is 0 Å². The average Bonchev–Trinajstić information content (AvgIpc) is 2.18. The zero-order valence-electron chi connectivity index (χ0n) is 8.87. The van der Waals surface area contributed by atoms with E-state index in [2.05, 4.69) is 21.2 Å². The van der Waals surface area contributed by atoms with Crippen LogP contribution in [-0.4, -0.2) is 22.9 Å². The SMILES string of the molecule is CC(O)CNC(C)c1cc(Br)ccc1O. The first-order valence-electron chi connectivity index (χ1n) is 4.90. The van der Waals surface area contributed by atoms with Crippen LogP contribution in [0.2, 0.25) is 0 Å². The maximum atomic E-state index is 9.65. The van der Waals surface area contributed by atoms with Crippen LogP contribution < -0.4 is 5.32 Å². The molecule has 0 aliphatic rings. The molecule has 0 saturated carbocycles. The van der Waals surface area contributed by atoms with Gasteiger partial charge in [0.25, 0.3) is 0 Å². The molecule has 2 atom stereocenters. The average molecular weight is 274 g/mol. The monoisotopic (exact) mass is 273 g/mol. The quantitative estimate of drug-likeness (QED) is 0.788. The zero-order valence-corrected chi connectivity index (χ0v) is 10.5. The van der Waals surface area contributed by atoms with Crippen LogP contribution in [0.15, 0.2) is 22.7 Å². The summed E-state index contributed by atoms with van der Waals surface area (Å²) >= 11 is 3.36. The van der Waals surface area contributed by atoms with Crippen molar-refractivity contribution in [1.29, 1.82) is 0 Å². The van der Waals surface area contributed by atoms with Crippen molar-refractivity contribution in [1.82, 2.24) is 5.32 Å². The first-order valence-corrected chi connectivity index (χ1v) is 5.70. The Morgan fingerprint density at radius 2 is 2.07 bits per heavy atom. The van der Waals surface area contributed by atoms with Gasteiger partial charge in [-0.15, -0.1) is 0 Å². The molecule has 3 nitrogen and oxygen atoms in total. The highest BCUT2D eigenvalue weighted by Gasteiger charge is 2.10. The van der Waals surface area contributed by atoms with Crippen molar-refractivity contribution >= 4 is 15.9 Å². The molecule has 84 valence electrons. The van der Waals surface area contributed by atoms with Crippen molar-refractivity contribution in [3.8, 4) is 5.75 Å². The second kappa shape index (κ2) is 5.49. The van der Waals surface area contributed by atoms with Gasteiger partial charge in [-0.05, 0) is 32.0 Å². The Hall–Kier alpha value is -0.580. The van der Waals surface area contributed by atoms with Crippen LogP contribution in [0, 0.1) is 0 Å². The molecule has 0 fully saturated rings. The van der Waals surface area contributed by atoms with Crippen molar-refractivity contribution in [3.05, 3.63) is 28.2 Å². The Balaban J connectivity index is 2.72. The fourth-order valence-electron chi connectivity index (χ4n) is 1.33. The van der Waals surface area contributed by atoms with Crippen molar-refractivity contribution in [2.75, 3.05) is 6.54 Å². The lowest BCUT2D eigenvalue weighted by molar-refractivity contribution is 0.187. The molecule has 0 spiro atoms. The fraction of sp³-hybridized carbons (Fsp3) is 0.455. The molecule has 1 rings (SSSR count). The lowest BCUT2D eigenvalue weighted by Crippen LogP contribution is -2.27. The Morgan fingerprint density at radius 1 is 1.40 bits per heavy atom. The van der Waals surface area contributed by atoms with Crippen LogP contribution in [0.4, 0.5) is 0 Å². The van der Waals surface area contributed by atoms with Crippen molar-refractivity contribution in [2.45, 2.75) is 26.0 Å². The van der Waals surface area contributed by atoms with E-state index in [0.717, 1.165) is 10.0 Å². The van der Waals surface area contributed by atoms with Gasteiger partial charge in [-0.2, -0.15) is 0 Å². The summed E-state index contributed by atoms with van der Waals surface area (Å²) < 4.78 is 0.931. The second-order valence-electron chi connectivity index (χ2n) is 3.68. The van der Waals surface area contributed by atoms with Gasteiger partial charge in [0.05, 0.1) is 6.10 Å². The van der Waals surface area contributed by atoms with Crippen LogP contribution >= 0.6 is 15.9 Å². The molecule has 0 aromatic heterocycles. The molecule has 2 unspecified atom stereocenters. The summed E-state index contributed by atoms with van der Waals surface area (Å²) in [4.78, 5) is 0. The Labute approximate surface area is 98.3 Å². The normalized spacial score (nSPS) is 14.9. The molecular weight excluding hydrogens is 258 g/mol. The van der Waals surface area contributed by atoms with E-state index in [0.29, 0.717) is 6.54 Å². The van der Waals surface area contributed by atoms with Crippen molar-refractivity contribution in [3.63, 3.8) is 0 Å². The zero-order chi connectivity index (χ0) is 11.4. The molecule has 0 radical (unpaired) electrons. The number of benzene rings is 1. The molecule has 0 bridgehead atoms. The van der Waals surface area contributed by atoms with Gasteiger partial charge in [-0.3, -0.25) is 0 Å². The van der Waals surface area contributed by atoms with Crippen LogP contribution in [0.5, 0.6) is 5.75 Å². The second-order valence-corrected chi connectivity index (χ2v) is 4.60. The van der Waals surface area contributed by atoms with E-state index in [-0.39, 0.29) is 17.9 Å². The van der Waals surface area contributed by atoms with Crippen LogP contribution in [-0.2, 0) is 0 Å². The highest BCUT2D eigenvalue weighted by molar-refractivity contribution is 9.10. The molecule has 0 aliphatic heterocycles. The number of aliphatic hydroxyl groups is 1. The van der Waals surface area contributed by atoms with Gasteiger partial charge in [-0.25, -0.2) is 0 Å². The van der Waals surface area contributed by atoms with Crippen LogP contribution in [0.25, 0.3) is 0 Å². The number of rotatable bonds is 4. The minimum Gasteiger partial charge on any atom is -0.508 e. The molecule has 1 aromatic carbocycles. The van der Waals surface area contributed by atoms with Gasteiger partial charge in [0, 0.05) is 22.6 Å². The first kappa shape index (κ1) is 12.5. The molecular formula is C11H16BrNO2. The van der Waals surface area contributed by atoms with E-state index in [9.17, 15) is 5.11 Å². The molecule has 4 heteroatoms. The lowest BCUT2D eigenvalue weighted by Gasteiger charge is -2.16. The third kappa shape index (κ3) is 3.81. The largest absolute Gasteiger partial charge is 0.508 e. The Bertz CT molecular complexity index is 328. The minimum absolute atomic E-state index is 0.0112. The van der Waals surface area contributed by atoms with E-state index in [4.69, 9.17) is 5.11 Å². The number of hydrogen-bond acceptors (Lipinski definition) is 3. The maximum Gasteiger partial charge on any atom is 0.120 e. The van der Waals surface area contributed by atoms with Crippen LogP contribution in [0.3, 0.4) is 0 Å². The number of hydrogen-bond donors (Lipinski definition) is 3. The predicted octanol–water partition coefficient (Wildman–Crippen LogP) is 2.19. The van der Waals surface area contributed by atoms with Gasteiger partial charge < -0.3 is 15.5 Å². The molecule has 0 heterocycles. The third-order valence-corrected chi connectivity index (χ3v) is 2.67. The predicted molar refractivity (Wildman–Crippen MR) is 63.9 cm³/mol. The molecule has 0 aliphatic carbocycles. The van der Waals surface area contributed by atoms with E-state index < -0.39 is 0 Å². The van der Waals surface area contributed by atoms with Gasteiger partial charge >= 0.3 is 0 Å². The van der Waals surface area contributed by atoms with Gasteiger partial charge in [-0.1, -0.05) is 15.9 Å². The molecule has 0 saturated heterocycles. The summed E-state index contributed by atoms with van der Waals surface area (Å²) in [6, 6.07) is 5.33. The summed E-state index contributed by atoms with van der Waals surface area (Å²) in [5.41, 5.74) is 0.824. The van der Waals surface area contributed by atoms with Gasteiger partial charge in [0.1, 0.15) is 5.75 Å². The van der Waals surface area contributed by atoms with Crippen molar-refractivity contribution in [2.24, 2.45) is 0 Å². The summed E-state index contributed by atoms with van der Waals surface area (Å²) in [7, 11) is 0. The Kier molecular flexibility index (Phi) is 4.57. The van der Waals surface area contributed by atoms with Crippen LogP contribution in [0.1, 0.15) is 25.5 Å². The molecule has 15 heavy (non-hydrogen) atoms. The Morgan fingerprint density at radius 3 is 2.67 bits per heavy atom. The summed E-state index contributed by atoms with van der Waals surface area (Å²) in [5, 5.41) is 21.9. The molecule has 3 N–H and O–H groups in total. The molecule has 1 aromatic rings. The third-order valence-electron chi connectivity index (χ3n) is 2.18. The lowest BCUT2D eigenvalue weighted by atomic mass is 10.1. The van der Waals surface area contributed by atoms with Gasteiger partial charge in [0.2, 0.25) is 0 Å². The fourth-order valence-corrected chi connectivity index (χ4v) is 1.71. The molecule has 0 amide bonds. The summed E-state index contributed by atoms with van der Waals surface area (Å²) in [6.45, 7) is 4.18. The van der Waals surface area contributed by atoms with Crippen molar-refractivity contribution < 1.29 is 10.2 Å². The highest BCUT2D eigenvalue weighted by Crippen LogP contribution is 2.27. The van der Waals surface area contributed by atoms with E-state index in [1.807, 2.05) is 13.0 Å². The number of nitrogens with one attached hydrogen (secondary N) is 1. The highest BCUT2D eigenvalue weighted by atomic mass is 79.9. The maximum absolute atomic E-state index is 9.65. The number of phenolic OH excluding ortho intramolecular Hbond substituents is 1. The number of phenols is 1. The van der Waals surface area contributed by atoms with E-state index in [1.54, 1.807) is 19.1 Å². The summed E-state index contributed by atoms with van der Waals surface area (Å²) in [5.74, 6) is 0.267. The number of aliphatic hydroxyl groups excluding tert-OH is 1. The van der Waals surface area contributed by atoms with E-state index >= 15 is 0 Å².